The SMILES string of the molecule is C=Nn1ccc(C(F)(F)F)cc1=NCc1ncc(Br)cc1S. The van der Waals surface area contributed by atoms with Crippen LogP contribution in [-0.4, -0.2) is 16.4 Å². The van der Waals surface area contributed by atoms with Crippen molar-refractivity contribution in [3.05, 3.63) is 51.8 Å². The first-order chi connectivity index (χ1) is 10.3. The smallest absolute Gasteiger partial charge is 0.260 e. The third-order valence-corrected chi connectivity index (χ3v) is 3.52. The molecule has 0 aliphatic heterocycles. The Balaban J connectivity index is 2.43. The topological polar surface area (TPSA) is 42.5 Å². The predicted molar refractivity (Wildman–Crippen MR) is 82.8 cm³/mol. The van der Waals surface area contributed by atoms with E-state index in [0.29, 0.717) is 10.6 Å². The summed E-state index contributed by atoms with van der Waals surface area (Å²) in [5.41, 5.74) is -0.233. The van der Waals surface area contributed by atoms with Gasteiger partial charge in [-0.15, -0.1) is 12.6 Å². The Bertz CT molecular complexity index is 771. The van der Waals surface area contributed by atoms with Gasteiger partial charge in [0.25, 0.3) is 0 Å². The number of halogens is 4. The summed E-state index contributed by atoms with van der Waals surface area (Å²) < 4.78 is 40.2. The summed E-state index contributed by atoms with van der Waals surface area (Å²) in [6.07, 6.45) is -1.73. The van der Waals surface area contributed by atoms with Gasteiger partial charge in [0.05, 0.1) is 17.8 Å². The fourth-order valence-electron chi connectivity index (χ4n) is 1.63. The number of nitrogens with zero attached hydrogens (tertiary/aromatic N) is 4. The minimum atomic E-state index is -4.45. The Hall–Kier alpha value is -1.61. The lowest BCUT2D eigenvalue weighted by molar-refractivity contribution is -0.137. The number of pyridine rings is 2. The molecule has 0 atom stereocenters. The third-order valence-electron chi connectivity index (χ3n) is 2.70. The molecule has 0 bridgehead atoms. The molecule has 0 fully saturated rings. The molecule has 2 aromatic heterocycles. The number of rotatable bonds is 3. The van der Waals surface area contributed by atoms with Gasteiger partial charge in [0, 0.05) is 28.5 Å². The second-order valence-corrected chi connectivity index (χ2v) is 5.59. The molecule has 0 aliphatic carbocycles. The first-order valence-electron chi connectivity index (χ1n) is 5.92. The Morgan fingerprint density at radius 3 is 2.68 bits per heavy atom. The van der Waals surface area contributed by atoms with E-state index in [-0.39, 0.29) is 12.0 Å². The Labute approximate surface area is 138 Å². The maximum absolute atomic E-state index is 12.7. The average Bonchev–Trinajstić information content (AvgIpc) is 2.45. The summed E-state index contributed by atoms with van der Waals surface area (Å²) in [4.78, 5) is 8.83. The van der Waals surface area contributed by atoms with E-state index in [2.05, 4.69) is 50.4 Å². The molecule has 2 rings (SSSR count). The van der Waals surface area contributed by atoms with Crippen LogP contribution in [0.15, 0.2) is 50.1 Å². The molecule has 4 nitrogen and oxygen atoms in total. The summed E-state index contributed by atoms with van der Waals surface area (Å²) in [6.45, 7) is 3.37. The molecule has 0 spiro atoms. The molecule has 0 aromatic carbocycles. The number of hydrogen-bond acceptors (Lipinski definition) is 4. The quantitative estimate of drug-likeness (QED) is 0.632. The summed E-state index contributed by atoms with van der Waals surface area (Å²) in [7, 11) is 0. The van der Waals surface area contributed by atoms with Gasteiger partial charge in [-0.25, -0.2) is 4.68 Å². The van der Waals surface area contributed by atoms with Crippen LogP contribution in [0.5, 0.6) is 0 Å². The average molecular weight is 391 g/mol. The van der Waals surface area contributed by atoms with Crippen LogP contribution in [-0.2, 0) is 12.7 Å². The van der Waals surface area contributed by atoms with Gasteiger partial charge in [-0.2, -0.15) is 18.3 Å². The highest BCUT2D eigenvalue weighted by molar-refractivity contribution is 9.10. The first-order valence-corrected chi connectivity index (χ1v) is 7.16. The van der Waals surface area contributed by atoms with E-state index in [4.69, 9.17) is 0 Å². The maximum Gasteiger partial charge on any atom is 0.416 e. The van der Waals surface area contributed by atoms with Gasteiger partial charge < -0.3 is 0 Å². The number of aromatic nitrogens is 2. The highest BCUT2D eigenvalue weighted by Gasteiger charge is 2.30. The zero-order valence-electron chi connectivity index (χ0n) is 11.0. The van der Waals surface area contributed by atoms with Crippen LogP contribution in [0.1, 0.15) is 11.3 Å². The van der Waals surface area contributed by atoms with Gasteiger partial charge in [0.15, 0.2) is 0 Å². The van der Waals surface area contributed by atoms with Crippen LogP contribution in [0.25, 0.3) is 0 Å². The fourth-order valence-corrected chi connectivity index (χ4v) is 2.40. The van der Waals surface area contributed by atoms with Crippen LogP contribution in [0, 0.1) is 0 Å². The van der Waals surface area contributed by atoms with Gasteiger partial charge in [-0.3, -0.25) is 9.98 Å². The Morgan fingerprint density at radius 1 is 1.36 bits per heavy atom. The van der Waals surface area contributed by atoms with Crippen molar-refractivity contribution < 1.29 is 13.2 Å². The van der Waals surface area contributed by atoms with Gasteiger partial charge in [0.1, 0.15) is 5.49 Å². The lowest BCUT2D eigenvalue weighted by Crippen LogP contribution is -2.20. The Morgan fingerprint density at radius 2 is 2.09 bits per heavy atom. The Kier molecular flexibility index (Phi) is 5.07. The fraction of sp³-hybridized carbons (Fsp3) is 0.154. The predicted octanol–water partition coefficient (Wildman–Crippen LogP) is 3.52. The second-order valence-electron chi connectivity index (χ2n) is 4.19. The molecule has 116 valence electrons. The lowest BCUT2D eigenvalue weighted by atomic mass is 10.2. The summed E-state index contributed by atoms with van der Waals surface area (Å²) in [5, 5.41) is 3.60. The number of thiol groups is 1. The van der Waals surface area contributed by atoms with E-state index in [1.807, 2.05) is 0 Å². The van der Waals surface area contributed by atoms with Crippen molar-refractivity contribution in [2.45, 2.75) is 17.6 Å². The molecule has 0 amide bonds. The largest absolute Gasteiger partial charge is 0.416 e. The van der Waals surface area contributed by atoms with E-state index in [9.17, 15) is 13.2 Å². The molecule has 22 heavy (non-hydrogen) atoms. The summed E-state index contributed by atoms with van der Waals surface area (Å²) in [5.74, 6) is 0. The van der Waals surface area contributed by atoms with Crippen LogP contribution in [0.3, 0.4) is 0 Å². The zero-order chi connectivity index (χ0) is 16.3. The van der Waals surface area contributed by atoms with Crippen LogP contribution in [0.2, 0.25) is 0 Å². The highest BCUT2D eigenvalue weighted by Crippen LogP contribution is 2.27. The van der Waals surface area contributed by atoms with Crippen molar-refractivity contribution >= 4 is 35.3 Å². The molecule has 0 N–H and O–H groups in total. The van der Waals surface area contributed by atoms with E-state index < -0.39 is 11.7 Å². The normalized spacial score (nSPS) is 12.5. The molecule has 0 radical (unpaired) electrons. The number of hydrogen-bond donors (Lipinski definition) is 1. The first kappa shape index (κ1) is 16.8. The lowest BCUT2D eigenvalue weighted by Gasteiger charge is -2.08. The molecule has 2 heterocycles. The van der Waals surface area contributed by atoms with E-state index in [1.54, 1.807) is 12.3 Å². The van der Waals surface area contributed by atoms with Crippen molar-refractivity contribution in [2.75, 3.05) is 0 Å². The van der Waals surface area contributed by atoms with Gasteiger partial charge in [0.2, 0.25) is 0 Å². The molecular formula is C13H10BrF3N4S. The van der Waals surface area contributed by atoms with Gasteiger partial charge >= 0.3 is 6.18 Å². The van der Waals surface area contributed by atoms with Crippen molar-refractivity contribution in [2.24, 2.45) is 10.1 Å². The molecule has 0 saturated heterocycles. The minimum Gasteiger partial charge on any atom is -0.260 e. The zero-order valence-corrected chi connectivity index (χ0v) is 13.5. The van der Waals surface area contributed by atoms with Crippen molar-refractivity contribution in [3.63, 3.8) is 0 Å². The van der Waals surface area contributed by atoms with Crippen molar-refractivity contribution in [1.29, 1.82) is 0 Å². The molecule has 0 unspecified atom stereocenters. The second kappa shape index (κ2) is 6.66. The standard InChI is InChI=1S/C13H10BrF3N4S/c1-18-21-3-2-8(13(15,16)17)4-12(21)20-7-10-11(22)5-9(14)6-19-10/h2-6,22H,1,7H2. The van der Waals surface area contributed by atoms with Crippen LogP contribution in [0.4, 0.5) is 13.2 Å². The summed E-state index contributed by atoms with van der Waals surface area (Å²) in [6, 6.07) is 3.55. The monoisotopic (exact) mass is 390 g/mol. The highest BCUT2D eigenvalue weighted by atomic mass is 79.9. The molecular weight excluding hydrogens is 381 g/mol. The minimum absolute atomic E-state index is 0.0299. The van der Waals surface area contributed by atoms with Crippen LogP contribution < -0.4 is 5.49 Å². The third kappa shape index (κ3) is 3.98. The van der Waals surface area contributed by atoms with E-state index in [0.717, 1.165) is 27.5 Å². The van der Waals surface area contributed by atoms with E-state index >= 15 is 0 Å². The molecule has 0 aliphatic rings. The van der Waals surface area contributed by atoms with Gasteiger partial charge in [-0.1, -0.05) is 0 Å². The molecule has 0 saturated carbocycles. The van der Waals surface area contributed by atoms with Crippen LogP contribution >= 0.6 is 28.6 Å². The van der Waals surface area contributed by atoms with Crippen molar-refractivity contribution in [1.82, 2.24) is 9.66 Å². The summed E-state index contributed by atoms with van der Waals surface area (Å²) >= 11 is 7.51. The molecule has 9 heteroatoms. The van der Waals surface area contributed by atoms with E-state index in [1.165, 1.54) is 0 Å². The molecule has 2 aromatic rings. The van der Waals surface area contributed by atoms with Gasteiger partial charge in [-0.05, 0) is 34.1 Å². The number of alkyl halides is 3. The van der Waals surface area contributed by atoms with Crippen molar-refractivity contribution in [3.8, 4) is 0 Å². The maximum atomic E-state index is 12.7.